The van der Waals surface area contributed by atoms with Gasteiger partial charge < -0.3 is 24.3 Å². The van der Waals surface area contributed by atoms with Crippen LogP contribution in [0.2, 0.25) is 0 Å². The molecule has 1 N–H and O–H groups in total. The molecule has 0 aliphatic carbocycles. The summed E-state index contributed by atoms with van der Waals surface area (Å²) in [7, 11) is 4.76. The van der Waals surface area contributed by atoms with E-state index in [0.29, 0.717) is 49.2 Å². The van der Waals surface area contributed by atoms with Crippen LogP contribution in [0.15, 0.2) is 18.2 Å². The predicted octanol–water partition coefficient (Wildman–Crippen LogP) is 1.87. The highest BCUT2D eigenvalue weighted by atomic mass is 16.5. The monoisotopic (exact) mass is 361 g/mol. The largest absolute Gasteiger partial charge is 0.497 e. The number of benzene rings is 1. The van der Waals surface area contributed by atoms with Gasteiger partial charge in [0, 0.05) is 30.9 Å². The number of hydrogen-bond donors (Lipinski definition) is 1. The van der Waals surface area contributed by atoms with Crippen molar-refractivity contribution in [3.8, 4) is 11.5 Å². The lowest BCUT2D eigenvalue weighted by atomic mass is 10.1. The zero-order valence-corrected chi connectivity index (χ0v) is 15.2. The number of anilines is 1. The Kier molecular flexibility index (Phi) is 5.75. The number of rotatable bonds is 7. The molecule has 0 bridgehead atoms. The third kappa shape index (κ3) is 3.66. The molecule has 140 valence electrons. The zero-order chi connectivity index (χ0) is 18.5. The molecule has 0 spiro atoms. The van der Waals surface area contributed by atoms with Crippen molar-refractivity contribution in [1.29, 1.82) is 0 Å². The van der Waals surface area contributed by atoms with Crippen LogP contribution in [0.3, 0.4) is 0 Å². The lowest BCUT2D eigenvalue weighted by molar-refractivity contribution is 0.0983. The molecule has 0 radical (unpaired) electrons. The van der Waals surface area contributed by atoms with E-state index >= 15 is 0 Å². The summed E-state index contributed by atoms with van der Waals surface area (Å²) in [6.45, 7) is 2.13. The molecule has 2 heterocycles. The molecule has 8 heteroatoms. The fourth-order valence-electron chi connectivity index (χ4n) is 2.94. The number of nitrogens with zero attached hydrogens (tertiary/aromatic N) is 2. The molecular weight excluding hydrogens is 338 g/mol. The van der Waals surface area contributed by atoms with Gasteiger partial charge in [-0.15, -0.1) is 0 Å². The molecule has 1 aromatic heterocycles. The maximum Gasteiger partial charge on any atom is 0.276 e. The van der Waals surface area contributed by atoms with E-state index in [-0.39, 0.29) is 5.91 Å². The summed E-state index contributed by atoms with van der Waals surface area (Å²) < 4.78 is 23.0. The van der Waals surface area contributed by atoms with E-state index in [2.05, 4.69) is 10.4 Å². The minimum absolute atomic E-state index is 0.300. The van der Waals surface area contributed by atoms with E-state index in [0.717, 1.165) is 17.7 Å². The number of carbonyl (C=O) groups is 1. The Morgan fingerprint density at radius 2 is 2.15 bits per heavy atom. The predicted molar refractivity (Wildman–Crippen MR) is 95.0 cm³/mol. The van der Waals surface area contributed by atoms with Crippen LogP contribution in [0.5, 0.6) is 11.5 Å². The van der Waals surface area contributed by atoms with E-state index in [1.54, 1.807) is 39.5 Å². The van der Waals surface area contributed by atoms with Crippen molar-refractivity contribution in [3.05, 3.63) is 35.2 Å². The standard InChI is InChI=1S/C18H23N3O5/c1-23-9-7-21-15-6-8-26-11-13(15)17(20-21)18(22)19-14-5-4-12(24-2)10-16(14)25-3/h4-5,10H,6-9,11H2,1-3H3,(H,19,22). The Labute approximate surface area is 152 Å². The number of hydrogen-bond acceptors (Lipinski definition) is 6. The SMILES string of the molecule is COCCn1nc(C(=O)Nc2ccc(OC)cc2OC)c2c1CCOC2. The first kappa shape index (κ1) is 18.2. The number of fused-ring (bicyclic) bond motifs is 1. The summed E-state index contributed by atoms with van der Waals surface area (Å²) in [5.41, 5.74) is 2.78. The van der Waals surface area contributed by atoms with Gasteiger partial charge in [0.05, 0.1) is 46.3 Å². The second kappa shape index (κ2) is 8.20. The van der Waals surface area contributed by atoms with Gasteiger partial charge in [-0.05, 0) is 12.1 Å². The molecule has 0 fully saturated rings. The van der Waals surface area contributed by atoms with Crippen LogP contribution in [0, 0.1) is 0 Å². The van der Waals surface area contributed by atoms with Crippen LogP contribution in [0.25, 0.3) is 0 Å². The second-order valence-electron chi connectivity index (χ2n) is 5.81. The summed E-state index contributed by atoms with van der Waals surface area (Å²) in [6, 6.07) is 5.21. The van der Waals surface area contributed by atoms with E-state index in [1.165, 1.54) is 0 Å². The molecular formula is C18H23N3O5. The van der Waals surface area contributed by atoms with Gasteiger partial charge in [-0.25, -0.2) is 0 Å². The molecule has 8 nitrogen and oxygen atoms in total. The van der Waals surface area contributed by atoms with Crippen LogP contribution in [0.1, 0.15) is 21.7 Å². The van der Waals surface area contributed by atoms with Crippen molar-refractivity contribution in [3.63, 3.8) is 0 Å². The fourth-order valence-corrected chi connectivity index (χ4v) is 2.94. The second-order valence-corrected chi connectivity index (χ2v) is 5.81. The van der Waals surface area contributed by atoms with Crippen molar-refractivity contribution in [2.45, 2.75) is 19.6 Å². The first-order valence-corrected chi connectivity index (χ1v) is 8.36. The maximum absolute atomic E-state index is 12.8. The number of nitrogens with one attached hydrogen (secondary N) is 1. The highest BCUT2D eigenvalue weighted by Gasteiger charge is 2.26. The maximum atomic E-state index is 12.8. The lowest BCUT2D eigenvalue weighted by Crippen LogP contribution is -2.17. The Bertz CT molecular complexity index is 787. The third-order valence-electron chi connectivity index (χ3n) is 4.28. The van der Waals surface area contributed by atoms with Crippen LogP contribution in [-0.4, -0.2) is 50.2 Å². The number of methoxy groups -OCH3 is 3. The summed E-state index contributed by atoms with van der Waals surface area (Å²) in [5, 5.41) is 7.36. The molecule has 0 unspecified atom stereocenters. The van der Waals surface area contributed by atoms with Crippen molar-refractivity contribution >= 4 is 11.6 Å². The molecule has 1 amide bonds. The number of amides is 1. The summed E-state index contributed by atoms with van der Waals surface area (Å²) in [4.78, 5) is 12.8. The van der Waals surface area contributed by atoms with Crippen LogP contribution < -0.4 is 14.8 Å². The third-order valence-corrected chi connectivity index (χ3v) is 4.28. The van der Waals surface area contributed by atoms with Crippen molar-refractivity contribution in [2.24, 2.45) is 0 Å². The minimum atomic E-state index is -0.300. The lowest BCUT2D eigenvalue weighted by Gasteiger charge is -2.15. The number of ether oxygens (including phenoxy) is 4. The molecule has 1 aliphatic rings. The van der Waals surface area contributed by atoms with Gasteiger partial charge in [0.2, 0.25) is 0 Å². The molecule has 0 saturated heterocycles. The van der Waals surface area contributed by atoms with Crippen molar-refractivity contribution in [1.82, 2.24) is 9.78 Å². The normalized spacial score (nSPS) is 13.2. The topological polar surface area (TPSA) is 83.8 Å². The molecule has 1 aromatic carbocycles. The van der Waals surface area contributed by atoms with Crippen molar-refractivity contribution in [2.75, 3.05) is 39.9 Å². The minimum Gasteiger partial charge on any atom is -0.497 e. The molecule has 26 heavy (non-hydrogen) atoms. The fraction of sp³-hybridized carbons (Fsp3) is 0.444. The van der Waals surface area contributed by atoms with E-state index in [4.69, 9.17) is 18.9 Å². The summed E-state index contributed by atoms with van der Waals surface area (Å²) in [5.74, 6) is 0.863. The summed E-state index contributed by atoms with van der Waals surface area (Å²) >= 11 is 0. The first-order valence-electron chi connectivity index (χ1n) is 8.36. The van der Waals surface area contributed by atoms with Crippen molar-refractivity contribution < 1.29 is 23.7 Å². The quantitative estimate of drug-likeness (QED) is 0.811. The van der Waals surface area contributed by atoms with Gasteiger partial charge in [0.1, 0.15) is 11.5 Å². The number of aromatic nitrogens is 2. The van der Waals surface area contributed by atoms with Gasteiger partial charge in [0.15, 0.2) is 5.69 Å². The number of carbonyl (C=O) groups excluding carboxylic acids is 1. The van der Waals surface area contributed by atoms with E-state index < -0.39 is 0 Å². The van der Waals surface area contributed by atoms with Gasteiger partial charge in [-0.1, -0.05) is 0 Å². The Morgan fingerprint density at radius 3 is 2.88 bits per heavy atom. The first-order chi connectivity index (χ1) is 12.7. The average molecular weight is 361 g/mol. The van der Waals surface area contributed by atoms with Gasteiger partial charge in [0.25, 0.3) is 5.91 Å². The Hall–Kier alpha value is -2.58. The smallest absolute Gasteiger partial charge is 0.276 e. The Morgan fingerprint density at radius 1 is 1.31 bits per heavy atom. The van der Waals surface area contributed by atoms with Gasteiger partial charge >= 0.3 is 0 Å². The molecule has 1 aliphatic heterocycles. The van der Waals surface area contributed by atoms with Crippen LogP contribution in [0.4, 0.5) is 5.69 Å². The molecule has 3 rings (SSSR count). The Balaban J connectivity index is 1.87. The average Bonchev–Trinajstić information content (AvgIpc) is 3.05. The highest BCUT2D eigenvalue weighted by Crippen LogP contribution is 2.30. The van der Waals surface area contributed by atoms with Crippen LogP contribution >= 0.6 is 0 Å². The van der Waals surface area contributed by atoms with Crippen LogP contribution in [-0.2, 0) is 29.0 Å². The van der Waals surface area contributed by atoms with Gasteiger partial charge in [-0.3, -0.25) is 9.48 Å². The van der Waals surface area contributed by atoms with E-state index in [1.807, 2.05) is 4.68 Å². The molecule has 2 aromatic rings. The molecule has 0 atom stereocenters. The molecule has 0 saturated carbocycles. The highest BCUT2D eigenvalue weighted by molar-refractivity contribution is 6.04. The zero-order valence-electron chi connectivity index (χ0n) is 15.2. The van der Waals surface area contributed by atoms with E-state index in [9.17, 15) is 4.79 Å². The summed E-state index contributed by atoms with van der Waals surface area (Å²) in [6.07, 6.45) is 0.727. The van der Waals surface area contributed by atoms with Gasteiger partial charge in [-0.2, -0.15) is 5.10 Å².